The van der Waals surface area contributed by atoms with Crippen molar-refractivity contribution in [3.8, 4) is 5.75 Å². The van der Waals surface area contributed by atoms with Crippen molar-refractivity contribution >= 4 is 40.3 Å². The summed E-state index contributed by atoms with van der Waals surface area (Å²) < 4.78 is 4.92. The van der Waals surface area contributed by atoms with Crippen molar-refractivity contribution in [2.24, 2.45) is 0 Å². The first kappa shape index (κ1) is 18.9. The maximum atomic E-state index is 12.0. The van der Waals surface area contributed by atoms with E-state index in [0.717, 1.165) is 0 Å². The second-order valence-corrected chi connectivity index (χ2v) is 5.37. The lowest BCUT2D eigenvalue weighted by Crippen LogP contribution is -2.22. The van der Waals surface area contributed by atoms with Crippen molar-refractivity contribution in [2.45, 2.75) is 0 Å². The van der Waals surface area contributed by atoms with E-state index in [1.165, 1.54) is 43.5 Å². The van der Waals surface area contributed by atoms with E-state index in [2.05, 4.69) is 10.6 Å². The SMILES string of the molecule is COc1ccc(NC(=O)CNc2ccc(Cl)c([N+](=O)[O-])c2)c([N+](=O)[O-])c1. The summed E-state index contributed by atoms with van der Waals surface area (Å²) in [5, 5.41) is 27.0. The molecule has 2 aromatic rings. The summed E-state index contributed by atoms with van der Waals surface area (Å²) in [4.78, 5) is 32.7. The second kappa shape index (κ2) is 8.12. The van der Waals surface area contributed by atoms with Gasteiger partial charge >= 0.3 is 0 Å². The molecule has 0 fully saturated rings. The summed E-state index contributed by atoms with van der Waals surface area (Å²) in [7, 11) is 1.37. The summed E-state index contributed by atoms with van der Waals surface area (Å²) in [5.74, 6) is -0.294. The molecule has 0 spiro atoms. The Morgan fingerprint density at radius 1 is 1.12 bits per heavy atom. The second-order valence-electron chi connectivity index (χ2n) is 4.97. The predicted octanol–water partition coefficient (Wildman–Crippen LogP) is 3.22. The summed E-state index contributed by atoms with van der Waals surface area (Å²) in [6.07, 6.45) is 0. The Hall–Kier alpha value is -3.40. The first-order valence-electron chi connectivity index (χ1n) is 7.12. The van der Waals surface area contributed by atoms with Crippen molar-refractivity contribution in [1.29, 1.82) is 0 Å². The van der Waals surface area contributed by atoms with Gasteiger partial charge < -0.3 is 15.4 Å². The minimum absolute atomic E-state index is 0.00434. The number of nitro benzene ring substituents is 2. The molecule has 0 saturated heterocycles. The lowest BCUT2D eigenvalue weighted by molar-refractivity contribution is -0.384. The van der Waals surface area contributed by atoms with Gasteiger partial charge in [0.2, 0.25) is 5.91 Å². The molecule has 2 N–H and O–H groups in total. The zero-order valence-electron chi connectivity index (χ0n) is 13.4. The Bertz CT molecular complexity index is 873. The summed E-state index contributed by atoms with van der Waals surface area (Å²) in [6.45, 7) is -0.262. The first-order valence-corrected chi connectivity index (χ1v) is 7.49. The molecule has 0 aliphatic rings. The summed E-state index contributed by atoms with van der Waals surface area (Å²) in [6, 6.07) is 7.99. The molecule has 0 atom stereocenters. The molecule has 1 amide bonds. The van der Waals surface area contributed by atoms with E-state index in [0.29, 0.717) is 5.69 Å². The number of rotatable bonds is 7. The van der Waals surface area contributed by atoms with Crippen molar-refractivity contribution < 1.29 is 19.4 Å². The molecule has 0 aliphatic carbocycles. The third-order valence-corrected chi connectivity index (χ3v) is 3.59. The van der Waals surface area contributed by atoms with Gasteiger partial charge in [0.05, 0.1) is 29.6 Å². The van der Waals surface area contributed by atoms with Crippen LogP contribution in [0.1, 0.15) is 0 Å². The number of ether oxygens (including phenoxy) is 1. The summed E-state index contributed by atoms with van der Waals surface area (Å²) in [5.41, 5.74) is -0.312. The fourth-order valence-electron chi connectivity index (χ4n) is 2.03. The van der Waals surface area contributed by atoms with Crippen LogP contribution in [-0.2, 0) is 4.79 Å². The van der Waals surface area contributed by atoms with Crippen LogP contribution in [-0.4, -0.2) is 29.4 Å². The number of carbonyl (C=O) groups excluding carboxylic acids is 1. The first-order chi connectivity index (χ1) is 12.3. The van der Waals surface area contributed by atoms with Gasteiger partial charge in [-0.05, 0) is 24.3 Å². The number of hydrogen-bond acceptors (Lipinski definition) is 7. The van der Waals surface area contributed by atoms with Gasteiger partial charge in [0.25, 0.3) is 11.4 Å². The van der Waals surface area contributed by atoms with Crippen LogP contribution in [0.2, 0.25) is 5.02 Å². The van der Waals surface area contributed by atoms with Crippen molar-refractivity contribution in [3.05, 3.63) is 61.6 Å². The molecular weight excluding hydrogens is 368 g/mol. The quantitative estimate of drug-likeness (QED) is 0.555. The van der Waals surface area contributed by atoms with Crippen LogP contribution >= 0.6 is 11.6 Å². The van der Waals surface area contributed by atoms with Gasteiger partial charge in [0.15, 0.2) is 0 Å². The van der Waals surface area contributed by atoms with Crippen LogP contribution in [0.4, 0.5) is 22.7 Å². The predicted molar refractivity (Wildman–Crippen MR) is 94.9 cm³/mol. The standard InChI is InChI=1S/C15H13ClN4O6/c1-26-10-3-5-12(14(7-10)20(24)25)18-15(21)8-17-9-2-4-11(16)13(6-9)19(22)23/h2-7,17H,8H2,1H3,(H,18,21). The molecule has 0 bridgehead atoms. The van der Waals surface area contributed by atoms with Gasteiger partial charge in [0, 0.05) is 11.8 Å². The molecule has 0 unspecified atom stereocenters. The molecule has 26 heavy (non-hydrogen) atoms. The fraction of sp³-hybridized carbons (Fsp3) is 0.133. The highest BCUT2D eigenvalue weighted by atomic mass is 35.5. The number of amides is 1. The number of nitrogens with one attached hydrogen (secondary N) is 2. The number of carbonyl (C=O) groups is 1. The topological polar surface area (TPSA) is 137 Å². The number of halogens is 1. The molecule has 136 valence electrons. The highest BCUT2D eigenvalue weighted by Crippen LogP contribution is 2.29. The van der Waals surface area contributed by atoms with Gasteiger partial charge in [-0.25, -0.2) is 0 Å². The Labute approximate surface area is 152 Å². The van der Waals surface area contributed by atoms with Crippen LogP contribution in [0.15, 0.2) is 36.4 Å². The normalized spacial score (nSPS) is 10.1. The molecule has 11 heteroatoms. The molecule has 0 aliphatic heterocycles. The average Bonchev–Trinajstić information content (AvgIpc) is 2.60. The molecular formula is C15H13ClN4O6. The van der Waals surface area contributed by atoms with E-state index >= 15 is 0 Å². The van der Waals surface area contributed by atoms with Crippen LogP contribution in [0, 0.1) is 20.2 Å². The Morgan fingerprint density at radius 2 is 1.81 bits per heavy atom. The van der Waals surface area contributed by atoms with E-state index in [4.69, 9.17) is 16.3 Å². The van der Waals surface area contributed by atoms with Gasteiger partial charge in [-0.2, -0.15) is 0 Å². The number of nitrogens with zero attached hydrogens (tertiary/aromatic N) is 2. The number of anilines is 2. The lowest BCUT2D eigenvalue weighted by Gasteiger charge is -2.09. The minimum Gasteiger partial charge on any atom is -0.496 e. The van der Waals surface area contributed by atoms with Crippen LogP contribution < -0.4 is 15.4 Å². The molecule has 2 rings (SSSR count). The zero-order chi connectivity index (χ0) is 19.3. The molecule has 0 aromatic heterocycles. The van der Waals surface area contributed by atoms with E-state index in [9.17, 15) is 25.0 Å². The molecule has 0 radical (unpaired) electrons. The third kappa shape index (κ3) is 4.57. The highest BCUT2D eigenvalue weighted by Gasteiger charge is 2.18. The van der Waals surface area contributed by atoms with Crippen LogP contribution in [0.25, 0.3) is 0 Å². The van der Waals surface area contributed by atoms with E-state index in [-0.39, 0.29) is 34.4 Å². The maximum absolute atomic E-state index is 12.0. The lowest BCUT2D eigenvalue weighted by atomic mass is 10.2. The van der Waals surface area contributed by atoms with E-state index in [1.807, 2.05) is 0 Å². The van der Waals surface area contributed by atoms with Crippen LogP contribution in [0.3, 0.4) is 0 Å². The van der Waals surface area contributed by atoms with Crippen molar-refractivity contribution in [1.82, 2.24) is 0 Å². The molecule has 10 nitrogen and oxygen atoms in total. The number of benzene rings is 2. The average molecular weight is 381 g/mol. The maximum Gasteiger partial charge on any atom is 0.296 e. The van der Waals surface area contributed by atoms with Crippen LogP contribution in [0.5, 0.6) is 5.75 Å². The minimum atomic E-state index is -0.645. The zero-order valence-corrected chi connectivity index (χ0v) is 14.1. The Balaban J connectivity index is 2.07. The van der Waals surface area contributed by atoms with Gasteiger partial charge in [-0.3, -0.25) is 25.0 Å². The number of methoxy groups -OCH3 is 1. The largest absolute Gasteiger partial charge is 0.496 e. The van der Waals surface area contributed by atoms with Crippen molar-refractivity contribution in [3.63, 3.8) is 0 Å². The molecule has 0 heterocycles. The Kier molecular flexibility index (Phi) is 5.91. The van der Waals surface area contributed by atoms with Crippen molar-refractivity contribution in [2.75, 3.05) is 24.3 Å². The highest BCUT2D eigenvalue weighted by molar-refractivity contribution is 6.32. The molecule has 0 saturated carbocycles. The Morgan fingerprint density at radius 3 is 2.42 bits per heavy atom. The van der Waals surface area contributed by atoms with E-state index in [1.54, 1.807) is 0 Å². The van der Waals surface area contributed by atoms with Gasteiger partial charge in [-0.15, -0.1) is 0 Å². The van der Waals surface area contributed by atoms with Gasteiger partial charge in [0.1, 0.15) is 16.5 Å². The van der Waals surface area contributed by atoms with E-state index < -0.39 is 15.8 Å². The monoisotopic (exact) mass is 380 g/mol. The third-order valence-electron chi connectivity index (χ3n) is 3.27. The number of nitro groups is 2. The summed E-state index contributed by atoms with van der Waals surface area (Å²) >= 11 is 5.71. The smallest absolute Gasteiger partial charge is 0.296 e. The van der Waals surface area contributed by atoms with Gasteiger partial charge in [-0.1, -0.05) is 11.6 Å². The number of hydrogen-bond donors (Lipinski definition) is 2. The fourth-order valence-corrected chi connectivity index (χ4v) is 2.22. The molecule has 2 aromatic carbocycles.